The first-order chi connectivity index (χ1) is 19.4. The Labute approximate surface area is 238 Å². The lowest BCUT2D eigenvalue weighted by molar-refractivity contribution is -0.137. The molecule has 4 atom stereocenters. The number of imidazole rings is 1. The van der Waals surface area contributed by atoms with Gasteiger partial charge in [-0.2, -0.15) is 0 Å². The molecule has 230 valence electrons. The molecule has 16 heteroatoms. The van der Waals surface area contributed by atoms with Crippen LogP contribution in [0.2, 0.25) is 0 Å². The number of nitrogens with one attached hydrogen (secondary N) is 5. The number of aromatic amines is 1. The highest BCUT2D eigenvalue weighted by Gasteiger charge is 2.32. The highest BCUT2D eigenvalue weighted by Crippen LogP contribution is 2.17. The van der Waals surface area contributed by atoms with Crippen LogP contribution in [-0.2, 0) is 35.2 Å². The van der Waals surface area contributed by atoms with Crippen LogP contribution in [0.5, 0.6) is 0 Å². The van der Waals surface area contributed by atoms with Gasteiger partial charge in [0.1, 0.15) is 18.1 Å². The summed E-state index contributed by atoms with van der Waals surface area (Å²) in [5, 5.41) is 16.6. The molecule has 0 bridgehead atoms. The van der Waals surface area contributed by atoms with Crippen molar-refractivity contribution in [2.75, 3.05) is 6.54 Å². The molecule has 12 N–H and O–H groups in total. The van der Waals surface area contributed by atoms with Crippen LogP contribution < -0.4 is 38.6 Å². The summed E-state index contributed by atoms with van der Waals surface area (Å²) in [6.45, 7) is 4.09. The van der Waals surface area contributed by atoms with Crippen LogP contribution in [0.15, 0.2) is 12.5 Å². The van der Waals surface area contributed by atoms with E-state index in [0.29, 0.717) is 31.5 Å². The number of amides is 6. The summed E-state index contributed by atoms with van der Waals surface area (Å²) in [6.07, 6.45) is 3.68. The molecule has 0 unspecified atom stereocenters. The molecule has 0 saturated heterocycles. The highest BCUT2D eigenvalue weighted by atomic mass is 16.5. The minimum atomic E-state index is -1.29. The molecule has 16 nitrogen and oxygen atoms in total. The number of unbranched alkanes of at least 4 members (excludes halogenated alkanes) is 1. The largest absolute Gasteiger partial charge is 0.370 e. The second kappa shape index (κ2) is 18.3. The van der Waals surface area contributed by atoms with Crippen LogP contribution >= 0.6 is 0 Å². The zero-order valence-corrected chi connectivity index (χ0v) is 23.5. The van der Waals surface area contributed by atoms with E-state index in [2.05, 4.69) is 25.9 Å². The Morgan fingerprint density at radius 3 is 2.10 bits per heavy atom. The van der Waals surface area contributed by atoms with Gasteiger partial charge in [-0.3, -0.25) is 34.0 Å². The summed E-state index contributed by atoms with van der Waals surface area (Å²) in [5.74, 6) is -5.26. The van der Waals surface area contributed by atoms with Crippen LogP contribution in [0.4, 0.5) is 0 Å². The number of primary amides is 2. The van der Waals surface area contributed by atoms with Crippen molar-refractivity contribution in [1.82, 2.24) is 31.4 Å². The molecule has 6 amide bonds. The van der Waals surface area contributed by atoms with Gasteiger partial charge in [0.15, 0.2) is 0 Å². The number of hydrogen-bond acceptors (Lipinski definition) is 9. The Morgan fingerprint density at radius 1 is 0.927 bits per heavy atom. The summed E-state index contributed by atoms with van der Waals surface area (Å²) in [7, 11) is 0. The maximum Gasteiger partial charge on any atom is 0.244 e. The van der Waals surface area contributed by atoms with Crippen molar-refractivity contribution in [3.63, 3.8) is 0 Å². The van der Waals surface area contributed by atoms with Crippen LogP contribution in [0.3, 0.4) is 0 Å². The van der Waals surface area contributed by atoms with Crippen molar-refractivity contribution in [1.29, 1.82) is 0 Å². The molecular formula is C25H43N9O7. The Hall–Kier alpha value is -4.05. The lowest BCUT2D eigenvalue weighted by Crippen LogP contribution is -2.57. The molecule has 0 fully saturated rings. The number of nitrogens with zero attached hydrogens (tertiary/aromatic N) is 1. The molecule has 0 aromatic carbocycles. The zero-order valence-electron chi connectivity index (χ0n) is 23.5. The van der Waals surface area contributed by atoms with Gasteiger partial charge < -0.3 is 38.1 Å². The Morgan fingerprint density at radius 2 is 1.56 bits per heavy atom. The fourth-order valence-corrected chi connectivity index (χ4v) is 4.12. The van der Waals surface area contributed by atoms with Crippen LogP contribution in [-0.4, -0.2) is 75.3 Å². The van der Waals surface area contributed by atoms with Crippen molar-refractivity contribution in [3.05, 3.63) is 18.2 Å². The highest BCUT2D eigenvalue weighted by molar-refractivity contribution is 5.95. The maximum atomic E-state index is 13.4. The summed E-state index contributed by atoms with van der Waals surface area (Å²) in [6, 6.07) is -3.55. The van der Waals surface area contributed by atoms with Crippen molar-refractivity contribution < 1.29 is 34.0 Å². The number of aromatic nitrogens is 2. The van der Waals surface area contributed by atoms with E-state index in [1.54, 1.807) is 0 Å². The van der Waals surface area contributed by atoms with E-state index in [-0.39, 0.29) is 38.0 Å². The van der Waals surface area contributed by atoms with Crippen molar-refractivity contribution in [2.45, 2.75) is 83.3 Å². The van der Waals surface area contributed by atoms with Gasteiger partial charge in [-0.15, -0.1) is 0 Å². The molecule has 0 spiro atoms. The van der Waals surface area contributed by atoms with E-state index < -0.39 is 59.5 Å². The van der Waals surface area contributed by atoms with E-state index >= 15 is 0 Å². The third-order valence-electron chi connectivity index (χ3n) is 6.21. The van der Waals surface area contributed by atoms with E-state index in [1.165, 1.54) is 18.0 Å². The molecule has 1 aromatic heterocycles. The fourth-order valence-electron chi connectivity index (χ4n) is 4.12. The summed E-state index contributed by atoms with van der Waals surface area (Å²) < 4.78 is 0. The van der Waals surface area contributed by atoms with Crippen molar-refractivity contribution in [3.8, 4) is 0 Å². The standard InChI is InChI=1S/C25H43N9O7/c1-14(2)9-15(10-21(36)34-41)23(38)33-19(11-16-12-29-13-30-16)25(40)32-18(6-7-20(27)35)24(39)31-17(22(28)37)5-3-4-8-26/h12-15,17-19,41H,3-11,26H2,1-2H3,(H2,27,35)(H2,28,37)(H,29,30)(H,31,39)(H,32,40)(H,33,38)(H,34,36)/t15-,17+,18+,19+/m1/s1. The molecule has 0 saturated carbocycles. The lowest BCUT2D eigenvalue weighted by atomic mass is 9.92. The Bertz CT molecular complexity index is 1020. The summed E-state index contributed by atoms with van der Waals surface area (Å²) >= 11 is 0. The molecule has 0 radical (unpaired) electrons. The van der Waals surface area contributed by atoms with Gasteiger partial charge >= 0.3 is 0 Å². The number of rotatable bonds is 20. The van der Waals surface area contributed by atoms with Gasteiger partial charge in [0, 0.05) is 37.1 Å². The SMILES string of the molecule is CC(C)C[C@H](CC(=O)NO)C(=O)N[C@@H](Cc1cnc[nH]1)C(=O)N[C@@H](CCC(N)=O)C(=O)N[C@@H](CCCCN)C(N)=O. The number of hydrogen-bond donors (Lipinski definition) is 9. The van der Waals surface area contributed by atoms with Crippen LogP contribution in [0.1, 0.15) is 64.5 Å². The maximum absolute atomic E-state index is 13.4. The second-order valence-electron chi connectivity index (χ2n) is 10.2. The van der Waals surface area contributed by atoms with Crippen molar-refractivity contribution >= 4 is 35.4 Å². The third-order valence-corrected chi connectivity index (χ3v) is 6.21. The topological polar surface area (TPSA) is 278 Å². The summed E-state index contributed by atoms with van der Waals surface area (Å²) in [4.78, 5) is 81.6. The van der Waals surface area contributed by atoms with Gasteiger partial charge in [0.25, 0.3) is 0 Å². The predicted molar refractivity (Wildman–Crippen MR) is 146 cm³/mol. The Kier molecular flexibility index (Phi) is 15.6. The molecule has 0 aliphatic heterocycles. The third kappa shape index (κ3) is 13.7. The number of H-pyrrole nitrogens is 1. The molecule has 1 aromatic rings. The van der Waals surface area contributed by atoms with Gasteiger partial charge in [0.2, 0.25) is 35.4 Å². The Balaban J connectivity index is 3.17. The number of carbonyl (C=O) groups is 6. The van der Waals surface area contributed by atoms with E-state index in [9.17, 15) is 28.8 Å². The predicted octanol–water partition coefficient (Wildman–Crippen LogP) is -2.16. The smallest absolute Gasteiger partial charge is 0.244 e. The molecular weight excluding hydrogens is 538 g/mol. The molecule has 41 heavy (non-hydrogen) atoms. The van der Waals surface area contributed by atoms with Gasteiger partial charge in [-0.25, -0.2) is 10.5 Å². The number of nitrogens with two attached hydrogens (primary N) is 3. The second-order valence-corrected chi connectivity index (χ2v) is 10.2. The minimum Gasteiger partial charge on any atom is -0.370 e. The first-order valence-electron chi connectivity index (χ1n) is 13.5. The van der Waals surface area contributed by atoms with Crippen LogP contribution in [0, 0.1) is 11.8 Å². The molecule has 1 rings (SSSR count). The minimum absolute atomic E-state index is 0.0158. The van der Waals surface area contributed by atoms with E-state index in [4.69, 9.17) is 22.4 Å². The number of hydroxylamine groups is 1. The first-order valence-corrected chi connectivity index (χ1v) is 13.5. The average molecular weight is 582 g/mol. The summed E-state index contributed by atoms with van der Waals surface area (Å²) in [5.41, 5.74) is 18.2. The molecule has 0 aliphatic carbocycles. The van der Waals surface area contributed by atoms with Gasteiger partial charge in [0.05, 0.1) is 6.33 Å². The van der Waals surface area contributed by atoms with Crippen LogP contribution in [0.25, 0.3) is 0 Å². The normalized spacial score (nSPS) is 13.9. The fraction of sp³-hybridized carbons (Fsp3) is 0.640. The monoisotopic (exact) mass is 581 g/mol. The number of carbonyl (C=O) groups excluding carboxylic acids is 6. The lowest BCUT2D eigenvalue weighted by Gasteiger charge is -2.26. The molecule has 0 aliphatic rings. The quantitative estimate of drug-likeness (QED) is 0.0460. The zero-order chi connectivity index (χ0) is 30.9. The first kappa shape index (κ1) is 35.0. The van der Waals surface area contributed by atoms with Gasteiger partial charge in [-0.1, -0.05) is 13.8 Å². The van der Waals surface area contributed by atoms with E-state index in [0.717, 1.165) is 0 Å². The molecule has 1 heterocycles. The van der Waals surface area contributed by atoms with Gasteiger partial charge in [-0.05, 0) is 44.6 Å². The average Bonchev–Trinajstić information content (AvgIpc) is 3.42. The van der Waals surface area contributed by atoms with E-state index in [1.807, 2.05) is 13.8 Å². The van der Waals surface area contributed by atoms with Crippen molar-refractivity contribution in [2.24, 2.45) is 29.0 Å².